The van der Waals surface area contributed by atoms with Crippen LogP contribution in [0.5, 0.6) is 0 Å². The van der Waals surface area contributed by atoms with E-state index >= 15 is 0 Å². The molecule has 1 aliphatic carbocycles. The lowest BCUT2D eigenvalue weighted by atomic mass is 10.1. The van der Waals surface area contributed by atoms with Crippen LogP contribution in [0.3, 0.4) is 0 Å². The third-order valence-electron chi connectivity index (χ3n) is 3.25. The predicted octanol–water partition coefficient (Wildman–Crippen LogP) is 1.74. The van der Waals surface area contributed by atoms with Crippen LogP contribution in [0.15, 0.2) is 29.0 Å². The van der Waals surface area contributed by atoms with E-state index in [-0.39, 0.29) is 5.91 Å². The van der Waals surface area contributed by atoms with Gasteiger partial charge in [-0.3, -0.25) is 4.79 Å². The molecule has 0 atom stereocenters. The van der Waals surface area contributed by atoms with Gasteiger partial charge in [-0.2, -0.15) is 0 Å². The van der Waals surface area contributed by atoms with E-state index in [4.69, 9.17) is 4.42 Å². The van der Waals surface area contributed by atoms with E-state index in [1.165, 1.54) is 19.2 Å². The molecule has 1 amide bonds. The fourth-order valence-corrected chi connectivity index (χ4v) is 1.91. The van der Waals surface area contributed by atoms with Crippen LogP contribution < -0.4 is 10.6 Å². The summed E-state index contributed by atoms with van der Waals surface area (Å²) in [5.74, 6) is 0.402. The highest BCUT2D eigenvalue weighted by molar-refractivity contribution is 5.93. The Kier molecular flexibility index (Phi) is 3.47. The molecule has 3 rings (SSSR count). The first-order valence-electron chi connectivity index (χ1n) is 6.63. The molecule has 20 heavy (non-hydrogen) atoms. The van der Waals surface area contributed by atoms with Gasteiger partial charge in [0.25, 0.3) is 0 Å². The molecule has 104 valence electrons. The molecule has 0 unspecified atom stereocenters. The molecule has 1 aromatic heterocycles. The number of benzene rings is 1. The number of carbonyl (C=O) groups excluding carboxylic acids is 1. The summed E-state index contributed by atoms with van der Waals surface area (Å²) in [5.41, 5.74) is 2.55. The second kappa shape index (κ2) is 5.42. The third kappa shape index (κ3) is 3.03. The minimum Gasteiger partial charge on any atom is -0.423 e. The minimum absolute atomic E-state index is 0.0392. The fraction of sp³-hybridized carbons (Fsp3) is 0.357. The fourth-order valence-electron chi connectivity index (χ4n) is 1.91. The van der Waals surface area contributed by atoms with E-state index in [1.807, 2.05) is 25.1 Å². The average Bonchev–Trinajstić information content (AvgIpc) is 3.11. The summed E-state index contributed by atoms with van der Waals surface area (Å²) in [5, 5.41) is 13.6. The summed E-state index contributed by atoms with van der Waals surface area (Å²) in [6.45, 7) is 2.29. The van der Waals surface area contributed by atoms with Crippen molar-refractivity contribution in [3.8, 4) is 11.5 Å². The van der Waals surface area contributed by atoms with Crippen LogP contribution in [0, 0.1) is 6.92 Å². The number of aryl methyl sites for hydroxylation is 1. The smallest absolute Gasteiger partial charge is 0.247 e. The lowest BCUT2D eigenvalue weighted by Crippen LogP contribution is -2.29. The van der Waals surface area contributed by atoms with Gasteiger partial charge in [-0.1, -0.05) is 6.07 Å². The number of hydrogen-bond acceptors (Lipinski definition) is 5. The van der Waals surface area contributed by atoms with E-state index in [2.05, 4.69) is 20.8 Å². The van der Waals surface area contributed by atoms with Gasteiger partial charge in [0, 0.05) is 17.3 Å². The van der Waals surface area contributed by atoms with E-state index in [9.17, 15) is 4.79 Å². The highest BCUT2D eigenvalue weighted by Crippen LogP contribution is 2.24. The van der Waals surface area contributed by atoms with Crippen LogP contribution in [-0.2, 0) is 4.79 Å². The Hall–Kier alpha value is -2.21. The molecule has 0 radical (unpaired) electrons. The van der Waals surface area contributed by atoms with Crippen molar-refractivity contribution in [1.82, 2.24) is 15.5 Å². The molecule has 0 aliphatic heterocycles. The summed E-state index contributed by atoms with van der Waals surface area (Å²) in [4.78, 5) is 11.9. The van der Waals surface area contributed by atoms with Crippen molar-refractivity contribution in [1.29, 1.82) is 0 Å². The maximum Gasteiger partial charge on any atom is 0.247 e. The quantitative estimate of drug-likeness (QED) is 0.866. The van der Waals surface area contributed by atoms with Gasteiger partial charge in [-0.25, -0.2) is 0 Å². The Morgan fingerprint density at radius 1 is 1.45 bits per heavy atom. The molecule has 0 spiro atoms. The van der Waals surface area contributed by atoms with Crippen molar-refractivity contribution in [2.24, 2.45) is 0 Å². The van der Waals surface area contributed by atoms with E-state index in [0.717, 1.165) is 16.8 Å². The van der Waals surface area contributed by atoms with Crippen molar-refractivity contribution in [2.75, 3.05) is 11.9 Å². The summed E-state index contributed by atoms with van der Waals surface area (Å²) in [6, 6.07) is 6.18. The largest absolute Gasteiger partial charge is 0.423 e. The second-order valence-corrected chi connectivity index (χ2v) is 4.98. The molecule has 1 saturated carbocycles. The molecule has 1 aromatic carbocycles. The monoisotopic (exact) mass is 272 g/mol. The number of carbonyl (C=O) groups is 1. The Balaban J connectivity index is 1.71. The molecular weight excluding hydrogens is 256 g/mol. The zero-order valence-corrected chi connectivity index (χ0v) is 11.2. The molecule has 1 fully saturated rings. The SMILES string of the molecule is Cc1ccc(-c2nnco2)cc1NC(=O)CNC1CC1. The van der Waals surface area contributed by atoms with Crippen molar-refractivity contribution >= 4 is 11.6 Å². The van der Waals surface area contributed by atoms with Crippen LogP contribution in [0.25, 0.3) is 11.5 Å². The van der Waals surface area contributed by atoms with E-state index in [1.54, 1.807) is 0 Å². The minimum atomic E-state index is -0.0392. The third-order valence-corrected chi connectivity index (χ3v) is 3.25. The second-order valence-electron chi connectivity index (χ2n) is 4.98. The number of nitrogens with zero attached hydrogens (tertiary/aromatic N) is 2. The number of aromatic nitrogens is 2. The number of amides is 1. The molecule has 1 aliphatic rings. The predicted molar refractivity (Wildman–Crippen MR) is 74.1 cm³/mol. The van der Waals surface area contributed by atoms with Crippen LogP contribution in [0.2, 0.25) is 0 Å². The Labute approximate surface area is 116 Å². The summed E-state index contributed by atoms with van der Waals surface area (Å²) >= 11 is 0. The van der Waals surface area contributed by atoms with Gasteiger partial charge in [-0.15, -0.1) is 10.2 Å². The van der Waals surface area contributed by atoms with Crippen LogP contribution in [-0.4, -0.2) is 28.7 Å². The molecule has 0 bridgehead atoms. The van der Waals surface area contributed by atoms with Gasteiger partial charge in [0.2, 0.25) is 18.2 Å². The number of rotatable bonds is 5. The highest BCUT2D eigenvalue weighted by atomic mass is 16.4. The first kappa shape index (κ1) is 12.8. The molecule has 1 heterocycles. The lowest BCUT2D eigenvalue weighted by molar-refractivity contribution is -0.115. The lowest BCUT2D eigenvalue weighted by Gasteiger charge is -2.10. The number of hydrogen-bond donors (Lipinski definition) is 2. The first-order valence-corrected chi connectivity index (χ1v) is 6.63. The zero-order valence-electron chi connectivity index (χ0n) is 11.2. The maximum atomic E-state index is 11.9. The van der Waals surface area contributed by atoms with Crippen LogP contribution in [0.1, 0.15) is 18.4 Å². The molecule has 0 saturated heterocycles. The van der Waals surface area contributed by atoms with Gasteiger partial charge in [0.15, 0.2) is 0 Å². The normalized spacial score (nSPS) is 14.2. The van der Waals surface area contributed by atoms with Gasteiger partial charge in [0.05, 0.1) is 6.54 Å². The molecule has 2 N–H and O–H groups in total. The average molecular weight is 272 g/mol. The van der Waals surface area contributed by atoms with E-state index in [0.29, 0.717) is 18.5 Å². The molecule has 6 nitrogen and oxygen atoms in total. The number of nitrogens with one attached hydrogen (secondary N) is 2. The topological polar surface area (TPSA) is 80.1 Å². The standard InChI is InChI=1S/C14H16N4O2/c1-9-2-3-10(14-18-16-8-20-14)6-12(9)17-13(19)7-15-11-4-5-11/h2-3,6,8,11,15H,4-5,7H2,1H3,(H,17,19). The Morgan fingerprint density at radius 2 is 2.30 bits per heavy atom. The zero-order chi connectivity index (χ0) is 13.9. The van der Waals surface area contributed by atoms with Crippen molar-refractivity contribution < 1.29 is 9.21 Å². The molecule has 2 aromatic rings. The summed E-state index contributed by atoms with van der Waals surface area (Å²) in [6.07, 6.45) is 3.62. The Bertz CT molecular complexity index is 606. The van der Waals surface area contributed by atoms with Gasteiger partial charge >= 0.3 is 0 Å². The van der Waals surface area contributed by atoms with E-state index < -0.39 is 0 Å². The van der Waals surface area contributed by atoms with Gasteiger partial charge in [-0.05, 0) is 37.5 Å². The molecular formula is C14H16N4O2. The van der Waals surface area contributed by atoms with Crippen molar-refractivity contribution in [3.05, 3.63) is 30.2 Å². The van der Waals surface area contributed by atoms with Crippen LogP contribution in [0.4, 0.5) is 5.69 Å². The maximum absolute atomic E-state index is 11.9. The van der Waals surface area contributed by atoms with Gasteiger partial charge in [0.1, 0.15) is 0 Å². The summed E-state index contributed by atoms with van der Waals surface area (Å²) < 4.78 is 5.16. The van der Waals surface area contributed by atoms with Crippen LogP contribution >= 0.6 is 0 Å². The number of anilines is 1. The Morgan fingerprint density at radius 3 is 3.00 bits per heavy atom. The molecule has 6 heteroatoms. The summed E-state index contributed by atoms with van der Waals surface area (Å²) in [7, 11) is 0. The highest BCUT2D eigenvalue weighted by Gasteiger charge is 2.21. The first-order chi connectivity index (χ1) is 9.72. The van der Waals surface area contributed by atoms with Crippen molar-refractivity contribution in [2.45, 2.75) is 25.8 Å². The van der Waals surface area contributed by atoms with Crippen molar-refractivity contribution in [3.63, 3.8) is 0 Å². The van der Waals surface area contributed by atoms with Gasteiger partial charge < -0.3 is 15.1 Å².